The molecule has 0 atom stereocenters. The summed E-state index contributed by atoms with van der Waals surface area (Å²) in [6.07, 6.45) is 2.03. The maximum Gasteiger partial charge on any atom is 0.325 e. The van der Waals surface area contributed by atoms with E-state index in [0.29, 0.717) is 23.8 Å². The third-order valence-electron chi connectivity index (χ3n) is 4.57. The highest BCUT2D eigenvalue weighted by atomic mass is 16.5. The Balaban J connectivity index is 2.17. The smallest absolute Gasteiger partial charge is 0.325 e. The molecule has 142 valence electrons. The van der Waals surface area contributed by atoms with Gasteiger partial charge in [-0.1, -0.05) is 30.3 Å². The molecule has 0 radical (unpaired) electrons. The topological polar surface area (TPSA) is 57.2 Å². The van der Waals surface area contributed by atoms with Crippen LogP contribution in [0.5, 0.6) is 17.2 Å². The van der Waals surface area contributed by atoms with E-state index in [-0.39, 0.29) is 12.5 Å². The van der Waals surface area contributed by atoms with Crippen LogP contribution in [-0.2, 0) is 16.1 Å². The summed E-state index contributed by atoms with van der Waals surface area (Å²) in [6.45, 7) is 0.614. The van der Waals surface area contributed by atoms with Crippen molar-refractivity contribution in [1.82, 2.24) is 4.90 Å². The van der Waals surface area contributed by atoms with E-state index in [0.717, 1.165) is 22.4 Å². The highest BCUT2D eigenvalue weighted by Gasteiger charge is 2.28. The third-order valence-corrected chi connectivity index (χ3v) is 4.57. The molecule has 6 nitrogen and oxygen atoms in total. The number of fused-ring (bicyclic) bond motifs is 1. The van der Waals surface area contributed by atoms with E-state index in [1.807, 2.05) is 47.4 Å². The second-order valence-corrected chi connectivity index (χ2v) is 6.04. The molecule has 3 rings (SSSR count). The van der Waals surface area contributed by atoms with Crippen LogP contribution in [0.4, 0.5) is 0 Å². The molecule has 0 saturated heterocycles. The Bertz CT molecular complexity index is 861. The lowest BCUT2D eigenvalue weighted by molar-refractivity contribution is -0.141. The fourth-order valence-corrected chi connectivity index (χ4v) is 3.28. The minimum absolute atomic E-state index is 0.133. The van der Waals surface area contributed by atoms with Gasteiger partial charge in [-0.15, -0.1) is 0 Å². The first-order chi connectivity index (χ1) is 13.1. The first-order valence-corrected chi connectivity index (χ1v) is 8.53. The van der Waals surface area contributed by atoms with Gasteiger partial charge in [-0.2, -0.15) is 0 Å². The number of benzene rings is 2. The van der Waals surface area contributed by atoms with Crippen molar-refractivity contribution in [3.05, 3.63) is 53.1 Å². The minimum Gasteiger partial charge on any atom is -0.493 e. The van der Waals surface area contributed by atoms with Gasteiger partial charge < -0.3 is 23.8 Å². The molecule has 0 amide bonds. The Hall–Kier alpha value is -3.15. The van der Waals surface area contributed by atoms with Crippen LogP contribution < -0.4 is 14.2 Å². The van der Waals surface area contributed by atoms with E-state index in [1.165, 1.54) is 7.11 Å². The van der Waals surface area contributed by atoms with Crippen molar-refractivity contribution < 1.29 is 23.7 Å². The number of hydrogen-bond acceptors (Lipinski definition) is 6. The lowest BCUT2D eigenvalue weighted by Crippen LogP contribution is -2.31. The highest BCUT2D eigenvalue weighted by Crippen LogP contribution is 2.45. The summed E-state index contributed by atoms with van der Waals surface area (Å²) in [6, 6.07) is 11.9. The van der Waals surface area contributed by atoms with Crippen LogP contribution in [0.15, 0.2) is 36.4 Å². The quantitative estimate of drug-likeness (QED) is 0.729. The molecular weight excluding hydrogens is 346 g/mol. The average molecular weight is 369 g/mol. The summed E-state index contributed by atoms with van der Waals surface area (Å²) in [7, 11) is 6.16. The normalized spacial score (nSPS) is 12.7. The molecule has 0 saturated carbocycles. The monoisotopic (exact) mass is 369 g/mol. The van der Waals surface area contributed by atoms with Gasteiger partial charge in [0.2, 0.25) is 5.75 Å². The van der Waals surface area contributed by atoms with Gasteiger partial charge in [0.15, 0.2) is 11.5 Å². The number of hydrogen-bond donors (Lipinski definition) is 0. The third kappa shape index (κ3) is 3.56. The summed E-state index contributed by atoms with van der Waals surface area (Å²) in [5, 5.41) is 0. The number of ether oxygens (including phenoxy) is 4. The van der Waals surface area contributed by atoms with Crippen molar-refractivity contribution in [1.29, 1.82) is 0 Å². The van der Waals surface area contributed by atoms with E-state index >= 15 is 0 Å². The largest absolute Gasteiger partial charge is 0.493 e. The SMILES string of the molecule is COC(=O)CN1Cc2c(cc(OC)c(OC)c2OC)C=C1c1ccccc1. The maximum absolute atomic E-state index is 12.0. The summed E-state index contributed by atoms with van der Waals surface area (Å²) >= 11 is 0. The van der Waals surface area contributed by atoms with Crippen molar-refractivity contribution >= 4 is 17.7 Å². The van der Waals surface area contributed by atoms with Crippen LogP contribution in [0.3, 0.4) is 0 Å². The zero-order valence-electron chi connectivity index (χ0n) is 15.9. The van der Waals surface area contributed by atoms with Crippen molar-refractivity contribution in [3.63, 3.8) is 0 Å². The second kappa shape index (κ2) is 8.03. The highest BCUT2D eigenvalue weighted by molar-refractivity contribution is 5.87. The molecule has 27 heavy (non-hydrogen) atoms. The average Bonchev–Trinajstić information content (AvgIpc) is 2.72. The number of rotatable bonds is 6. The Kier molecular flexibility index (Phi) is 5.54. The van der Waals surface area contributed by atoms with Gasteiger partial charge in [0.25, 0.3) is 0 Å². The molecule has 0 aliphatic carbocycles. The standard InChI is InChI=1S/C21H23NO5/c1-24-18-11-15-10-17(14-8-6-5-7-9-14)22(13-19(23)25-2)12-16(15)20(26-3)21(18)27-4/h5-11H,12-13H2,1-4H3. The number of nitrogens with zero attached hydrogens (tertiary/aromatic N) is 1. The molecular formula is C21H23NO5. The van der Waals surface area contributed by atoms with Gasteiger partial charge in [-0.05, 0) is 23.3 Å². The molecule has 0 aromatic heterocycles. The fraction of sp³-hybridized carbons (Fsp3) is 0.286. The van der Waals surface area contributed by atoms with Gasteiger partial charge >= 0.3 is 5.97 Å². The van der Waals surface area contributed by atoms with Gasteiger partial charge in [0.1, 0.15) is 6.54 Å². The van der Waals surface area contributed by atoms with Gasteiger partial charge in [-0.25, -0.2) is 0 Å². The van der Waals surface area contributed by atoms with E-state index in [1.54, 1.807) is 21.3 Å². The molecule has 0 N–H and O–H groups in total. The van der Waals surface area contributed by atoms with Gasteiger partial charge in [0.05, 0.1) is 28.4 Å². The number of carbonyl (C=O) groups excluding carboxylic acids is 1. The molecule has 0 fully saturated rings. The van der Waals surface area contributed by atoms with Crippen LogP contribution in [-0.4, -0.2) is 45.9 Å². The zero-order valence-corrected chi connectivity index (χ0v) is 15.9. The molecule has 1 aliphatic rings. The number of carbonyl (C=O) groups is 1. The van der Waals surface area contributed by atoms with Crippen molar-refractivity contribution in [2.24, 2.45) is 0 Å². The lowest BCUT2D eigenvalue weighted by atomic mass is 9.96. The Morgan fingerprint density at radius 2 is 1.70 bits per heavy atom. The van der Waals surface area contributed by atoms with Gasteiger partial charge in [0, 0.05) is 17.8 Å². The molecule has 2 aromatic carbocycles. The van der Waals surface area contributed by atoms with Crippen LogP contribution in [0.2, 0.25) is 0 Å². The molecule has 1 aliphatic heterocycles. The maximum atomic E-state index is 12.0. The zero-order chi connectivity index (χ0) is 19.4. The molecule has 1 heterocycles. The molecule has 0 spiro atoms. The Labute approximate surface area is 158 Å². The Morgan fingerprint density at radius 3 is 2.30 bits per heavy atom. The van der Waals surface area contributed by atoms with Gasteiger partial charge in [-0.3, -0.25) is 4.79 Å². The number of esters is 1. The fourth-order valence-electron chi connectivity index (χ4n) is 3.28. The predicted octanol–water partition coefficient (Wildman–Crippen LogP) is 3.20. The van der Waals surface area contributed by atoms with Crippen molar-refractivity contribution in [2.75, 3.05) is 35.0 Å². The first kappa shape index (κ1) is 18.6. The molecule has 0 bridgehead atoms. The summed E-state index contributed by atoms with van der Waals surface area (Å²) < 4.78 is 21.5. The van der Waals surface area contributed by atoms with Crippen molar-refractivity contribution in [2.45, 2.75) is 6.54 Å². The predicted molar refractivity (Wildman–Crippen MR) is 103 cm³/mol. The first-order valence-electron chi connectivity index (χ1n) is 8.53. The van der Waals surface area contributed by atoms with Crippen LogP contribution in [0, 0.1) is 0 Å². The van der Waals surface area contributed by atoms with E-state index in [4.69, 9.17) is 18.9 Å². The second-order valence-electron chi connectivity index (χ2n) is 6.04. The van der Waals surface area contributed by atoms with E-state index in [9.17, 15) is 4.79 Å². The van der Waals surface area contributed by atoms with Crippen LogP contribution >= 0.6 is 0 Å². The summed E-state index contributed by atoms with van der Waals surface area (Å²) in [4.78, 5) is 14.0. The van der Waals surface area contributed by atoms with E-state index in [2.05, 4.69) is 0 Å². The summed E-state index contributed by atoms with van der Waals surface area (Å²) in [5.41, 5.74) is 3.84. The van der Waals surface area contributed by atoms with Crippen LogP contribution in [0.1, 0.15) is 16.7 Å². The number of methoxy groups -OCH3 is 4. The van der Waals surface area contributed by atoms with E-state index < -0.39 is 0 Å². The molecule has 2 aromatic rings. The molecule has 0 unspecified atom stereocenters. The Morgan fingerprint density at radius 1 is 1.00 bits per heavy atom. The molecule has 6 heteroatoms. The van der Waals surface area contributed by atoms with Crippen LogP contribution in [0.25, 0.3) is 11.8 Å². The summed E-state index contributed by atoms with van der Waals surface area (Å²) in [5.74, 6) is 1.43. The van der Waals surface area contributed by atoms with Crippen molar-refractivity contribution in [3.8, 4) is 17.2 Å². The minimum atomic E-state index is -0.306. The lowest BCUT2D eigenvalue weighted by Gasteiger charge is -2.32.